The molecule has 0 saturated carbocycles. The lowest BCUT2D eigenvalue weighted by atomic mass is 9.75. The molecule has 1 heteroatoms. The number of aliphatic hydroxyl groups excluding tert-OH is 1. The summed E-state index contributed by atoms with van der Waals surface area (Å²) in [6.07, 6.45) is 5.96. The molecule has 1 N–H and O–H groups in total. The first-order valence-corrected chi connectivity index (χ1v) is 4.36. The van der Waals surface area contributed by atoms with E-state index in [4.69, 9.17) is 0 Å². The van der Waals surface area contributed by atoms with Crippen molar-refractivity contribution in [2.45, 2.75) is 39.7 Å². The van der Waals surface area contributed by atoms with E-state index in [0.717, 1.165) is 12.8 Å². The van der Waals surface area contributed by atoms with E-state index in [0.29, 0.717) is 11.3 Å². The lowest BCUT2D eigenvalue weighted by molar-refractivity contribution is 0.168. The topological polar surface area (TPSA) is 20.2 Å². The summed E-state index contributed by atoms with van der Waals surface area (Å²) in [7, 11) is 0. The van der Waals surface area contributed by atoms with Gasteiger partial charge in [-0.3, -0.25) is 0 Å². The molecule has 0 saturated heterocycles. The smallest absolute Gasteiger partial charge is 0.0721 e. The molecule has 64 valence electrons. The van der Waals surface area contributed by atoms with Crippen LogP contribution in [0.2, 0.25) is 0 Å². The predicted molar refractivity (Wildman–Crippen MR) is 47.3 cm³/mol. The Balaban J connectivity index is 2.57. The van der Waals surface area contributed by atoms with Crippen LogP contribution in [-0.2, 0) is 0 Å². The second-order valence-electron chi connectivity index (χ2n) is 4.50. The molecule has 0 spiro atoms. The first-order valence-electron chi connectivity index (χ1n) is 4.36. The van der Waals surface area contributed by atoms with Gasteiger partial charge in [0.15, 0.2) is 0 Å². The monoisotopic (exact) mass is 154 g/mol. The van der Waals surface area contributed by atoms with Crippen molar-refractivity contribution in [3.8, 4) is 0 Å². The van der Waals surface area contributed by atoms with E-state index in [9.17, 15) is 5.11 Å². The Kier molecular flexibility index (Phi) is 2.38. The van der Waals surface area contributed by atoms with Crippen LogP contribution in [0.15, 0.2) is 12.2 Å². The molecule has 1 aliphatic carbocycles. The fourth-order valence-corrected chi connectivity index (χ4v) is 1.53. The maximum Gasteiger partial charge on any atom is 0.0721 e. The largest absolute Gasteiger partial charge is 0.389 e. The van der Waals surface area contributed by atoms with E-state index in [-0.39, 0.29) is 6.10 Å². The summed E-state index contributed by atoms with van der Waals surface area (Å²) in [5.74, 6) is 0.644. The van der Waals surface area contributed by atoms with Gasteiger partial charge in [0, 0.05) is 0 Å². The van der Waals surface area contributed by atoms with Crippen LogP contribution in [-0.4, -0.2) is 11.2 Å². The van der Waals surface area contributed by atoms with Crippen molar-refractivity contribution in [3.63, 3.8) is 0 Å². The molecule has 0 aliphatic heterocycles. The van der Waals surface area contributed by atoms with Crippen molar-refractivity contribution in [3.05, 3.63) is 12.2 Å². The average molecular weight is 154 g/mol. The van der Waals surface area contributed by atoms with Gasteiger partial charge in [-0.05, 0) is 24.2 Å². The van der Waals surface area contributed by atoms with Crippen LogP contribution in [0, 0.1) is 11.3 Å². The van der Waals surface area contributed by atoms with Crippen LogP contribution >= 0.6 is 0 Å². The number of aliphatic hydroxyl groups is 1. The van der Waals surface area contributed by atoms with Crippen molar-refractivity contribution < 1.29 is 5.11 Å². The summed E-state index contributed by atoms with van der Waals surface area (Å²) in [6.45, 7) is 6.75. The first-order chi connectivity index (χ1) is 5.00. The molecule has 0 fully saturated rings. The summed E-state index contributed by atoms with van der Waals surface area (Å²) in [6, 6.07) is 0. The van der Waals surface area contributed by atoms with Gasteiger partial charge in [0.05, 0.1) is 6.10 Å². The summed E-state index contributed by atoms with van der Waals surface area (Å²) in [4.78, 5) is 0. The third kappa shape index (κ3) is 2.33. The van der Waals surface area contributed by atoms with Crippen molar-refractivity contribution in [1.29, 1.82) is 0 Å². The SMILES string of the molecule is CC(C)(C)[C@@H]1C=C[C@H](O)CC1. The van der Waals surface area contributed by atoms with Crippen molar-refractivity contribution in [2.75, 3.05) is 0 Å². The van der Waals surface area contributed by atoms with E-state index in [2.05, 4.69) is 26.8 Å². The zero-order valence-electron chi connectivity index (χ0n) is 7.67. The highest BCUT2D eigenvalue weighted by Crippen LogP contribution is 2.33. The Labute approximate surface area is 69.1 Å². The van der Waals surface area contributed by atoms with Gasteiger partial charge in [0.1, 0.15) is 0 Å². The molecule has 0 aromatic rings. The van der Waals surface area contributed by atoms with E-state index in [1.165, 1.54) is 0 Å². The second kappa shape index (κ2) is 2.98. The maximum atomic E-state index is 9.21. The number of rotatable bonds is 0. The van der Waals surface area contributed by atoms with Crippen molar-refractivity contribution >= 4 is 0 Å². The third-order valence-corrected chi connectivity index (χ3v) is 2.45. The molecule has 0 aromatic carbocycles. The number of hydrogen-bond donors (Lipinski definition) is 1. The quantitative estimate of drug-likeness (QED) is 0.531. The fraction of sp³-hybridized carbons (Fsp3) is 0.800. The summed E-state index contributed by atoms with van der Waals surface area (Å²) >= 11 is 0. The number of allylic oxidation sites excluding steroid dienone is 1. The molecule has 1 nitrogen and oxygen atoms in total. The second-order valence-corrected chi connectivity index (χ2v) is 4.50. The van der Waals surface area contributed by atoms with Crippen LogP contribution in [0.4, 0.5) is 0 Å². The molecule has 0 amide bonds. The maximum absolute atomic E-state index is 9.21. The Morgan fingerprint density at radius 1 is 1.18 bits per heavy atom. The highest BCUT2D eigenvalue weighted by Gasteiger charge is 2.24. The van der Waals surface area contributed by atoms with Crippen LogP contribution < -0.4 is 0 Å². The summed E-state index contributed by atoms with van der Waals surface area (Å²) < 4.78 is 0. The van der Waals surface area contributed by atoms with Crippen LogP contribution in [0.3, 0.4) is 0 Å². The normalized spacial score (nSPS) is 32.4. The molecular weight excluding hydrogens is 136 g/mol. The van der Waals surface area contributed by atoms with Gasteiger partial charge < -0.3 is 5.11 Å². The van der Waals surface area contributed by atoms with Gasteiger partial charge >= 0.3 is 0 Å². The zero-order chi connectivity index (χ0) is 8.48. The van der Waals surface area contributed by atoms with Gasteiger partial charge in [-0.2, -0.15) is 0 Å². The van der Waals surface area contributed by atoms with Gasteiger partial charge in [0.2, 0.25) is 0 Å². The van der Waals surface area contributed by atoms with E-state index in [1.54, 1.807) is 0 Å². The van der Waals surface area contributed by atoms with E-state index >= 15 is 0 Å². The van der Waals surface area contributed by atoms with Gasteiger partial charge in [-0.15, -0.1) is 0 Å². The van der Waals surface area contributed by atoms with Gasteiger partial charge in [-0.1, -0.05) is 32.9 Å². The van der Waals surface area contributed by atoms with Gasteiger partial charge in [0.25, 0.3) is 0 Å². The Bertz CT molecular complexity index is 153. The highest BCUT2D eigenvalue weighted by molar-refractivity contribution is 5.01. The predicted octanol–water partition coefficient (Wildman–Crippen LogP) is 2.36. The molecule has 0 radical (unpaired) electrons. The lowest BCUT2D eigenvalue weighted by Gasteiger charge is -2.31. The van der Waals surface area contributed by atoms with Crippen molar-refractivity contribution in [2.24, 2.45) is 11.3 Å². The van der Waals surface area contributed by atoms with Crippen LogP contribution in [0.1, 0.15) is 33.6 Å². The summed E-state index contributed by atoms with van der Waals surface area (Å²) in [5.41, 5.74) is 0.358. The third-order valence-electron chi connectivity index (χ3n) is 2.45. The first kappa shape index (κ1) is 8.79. The number of hydrogen-bond acceptors (Lipinski definition) is 1. The molecule has 0 bridgehead atoms. The van der Waals surface area contributed by atoms with Crippen LogP contribution in [0.25, 0.3) is 0 Å². The molecule has 0 heterocycles. The fourth-order valence-electron chi connectivity index (χ4n) is 1.53. The minimum atomic E-state index is -0.186. The molecule has 2 atom stereocenters. The molecule has 1 aliphatic rings. The Hall–Kier alpha value is -0.300. The van der Waals surface area contributed by atoms with E-state index in [1.807, 2.05) is 6.08 Å². The van der Waals surface area contributed by atoms with E-state index < -0.39 is 0 Å². The Morgan fingerprint density at radius 3 is 2.18 bits per heavy atom. The molecule has 0 unspecified atom stereocenters. The minimum Gasteiger partial charge on any atom is -0.389 e. The van der Waals surface area contributed by atoms with Crippen molar-refractivity contribution in [1.82, 2.24) is 0 Å². The lowest BCUT2D eigenvalue weighted by Crippen LogP contribution is -2.23. The molecule has 0 aromatic heterocycles. The zero-order valence-corrected chi connectivity index (χ0v) is 7.67. The molecule has 1 rings (SSSR count). The molecular formula is C10H18O. The molecule has 11 heavy (non-hydrogen) atoms. The Morgan fingerprint density at radius 2 is 1.82 bits per heavy atom. The highest BCUT2D eigenvalue weighted by atomic mass is 16.3. The average Bonchev–Trinajstić information content (AvgIpc) is 1.86. The van der Waals surface area contributed by atoms with Gasteiger partial charge in [-0.25, -0.2) is 0 Å². The minimum absolute atomic E-state index is 0.186. The van der Waals surface area contributed by atoms with Crippen LogP contribution in [0.5, 0.6) is 0 Å². The standard InChI is InChI=1S/C10H18O/c1-10(2,3)8-4-6-9(11)7-5-8/h4,6,8-9,11H,5,7H2,1-3H3/t8-,9+/m1/s1. The summed E-state index contributed by atoms with van der Waals surface area (Å²) in [5, 5.41) is 9.21.